The Morgan fingerprint density at radius 3 is 2.23 bits per heavy atom. The minimum absolute atomic E-state index is 0.000632. The van der Waals surface area contributed by atoms with E-state index in [1.165, 1.54) is 12.1 Å². The third-order valence-electron chi connectivity index (χ3n) is 4.72. The fourth-order valence-electron chi connectivity index (χ4n) is 3.60. The predicted octanol–water partition coefficient (Wildman–Crippen LogP) is 2.35. The number of hydrogen-bond donors (Lipinski definition) is 2. The summed E-state index contributed by atoms with van der Waals surface area (Å²) in [5.41, 5.74) is 0.790. The molecule has 22 heavy (non-hydrogen) atoms. The first-order valence-corrected chi connectivity index (χ1v) is 7.49. The number of carboxylic acid groups (broad SMARTS) is 1. The molecule has 116 valence electrons. The van der Waals surface area contributed by atoms with Crippen LogP contribution in [0.3, 0.4) is 0 Å². The van der Waals surface area contributed by atoms with Crippen LogP contribution in [0.15, 0.2) is 36.4 Å². The lowest BCUT2D eigenvalue weighted by atomic mass is 9.62. The van der Waals surface area contributed by atoms with Crippen LogP contribution in [-0.4, -0.2) is 17.0 Å². The van der Waals surface area contributed by atoms with Crippen LogP contribution in [0.5, 0.6) is 0 Å². The molecule has 1 amide bonds. The zero-order valence-electron chi connectivity index (χ0n) is 12.0. The van der Waals surface area contributed by atoms with Crippen molar-refractivity contribution in [3.63, 3.8) is 0 Å². The molecule has 0 heterocycles. The minimum Gasteiger partial charge on any atom is -0.481 e. The number of benzene rings is 1. The number of rotatable bonds is 4. The molecule has 4 atom stereocenters. The molecule has 1 saturated carbocycles. The lowest BCUT2D eigenvalue weighted by molar-refractivity contribution is -0.153. The van der Waals surface area contributed by atoms with Crippen molar-refractivity contribution < 1.29 is 19.1 Å². The van der Waals surface area contributed by atoms with Crippen LogP contribution in [0.4, 0.5) is 4.39 Å². The van der Waals surface area contributed by atoms with Crippen molar-refractivity contribution in [3.05, 3.63) is 47.8 Å². The van der Waals surface area contributed by atoms with Gasteiger partial charge in [0, 0.05) is 6.54 Å². The molecule has 0 unspecified atom stereocenters. The van der Waals surface area contributed by atoms with Gasteiger partial charge in [0.25, 0.3) is 0 Å². The molecule has 3 aliphatic rings. The van der Waals surface area contributed by atoms with Crippen molar-refractivity contribution in [2.45, 2.75) is 19.4 Å². The van der Waals surface area contributed by atoms with Crippen molar-refractivity contribution in [1.29, 1.82) is 0 Å². The fraction of sp³-hybridized carbons (Fsp3) is 0.412. The van der Waals surface area contributed by atoms with Gasteiger partial charge >= 0.3 is 5.97 Å². The van der Waals surface area contributed by atoms with Gasteiger partial charge in [0.1, 0.15) is 5.82 Å². The van der Waals surface area contributed by atoms with Crippen LogP contribution < -0.4 is 5.32 Å². The smallest absolute Gasteiger partial charge is 0.307 e. The quantitative estimate of drug-likeness (QED) is 0.839. The zero-order valence-corrected chi connectivity index (χ0v) is 12.0. The van der Waals surface area contributed by atoms with Crippen molar-refractivity contribution in [3.8, 4) is 0 Å². The van der Waals surface area contributed by atoms with Crippen LogP contribution in [-0.2, 0) is 16.1 Å². The molecule has 2 bridgehead atoms. The Kier molecular flexibility index (Phi) is 3.96. The minimum atomic E-state index is -0.902. The van der Waals surface area contributed by atoms with E-state index in [4.69, 9.17) is 0 Å². The normalized spacial score (nSPS) is 29.3. The van der Waals surface area contributed by atoms with Crippen LogP contribution >= 0.6 is 0 Å². The summed E-state index contributed by atoms with van der Waals surface area (Å²) in [6.07, 6.45) is 5.62. The number of carboxylic acids is 1. The topological polar surface area (TPSA) is 66.4 Å². The maximum absolute atomic E-state index is 12.9. The van der Waals surface area contributed by atoms with E-state index < -0.39 is 17.8 Å². The van der Waals surface area contributed by atoms with Crippen molar-refractivity contribution in [2.24, 2.45) is 23.7 Å². The molecule has 0 aromatic heterocycles. The van der Waals surface area contributed by atoms with E-state index in [1.54, 1.807) is 12.1 Å². The Morgan fingerprint density at radius 1 is 1.09 bits per heavy atom. The van der Waals surface area contributed by atoms with Crippen LogP contribution in [0.1, 0.15) is 18.4 Å². The van der Waals surface area contributed by atoms with Gasteiger partial charge in [-0.15, -0.1) is 0 Å². The van der Waals surface area contributed by atoms with Gasteiger partial charge in [-0.25, -0.2) is 4.39 Å². The molecule has 3 aliphatic carbocycles. The van der Waals surface area contributed by atoms with Gasteiger partial charge in [0.05, 0.1) is 11.8 Å². The maximum atomic E-state index is 12.9. The Bertz CT molecular complexity index is 611. The highest BCUT2D eigenvalue weighted by Crippen LogP contribution is 2.45. The standard InChI is InChI=1S/C17H18FNO3/c18-13-7-1-10(2-8-13)9-19-16(20)14-11-3-5-12(6-4-11)15(14)17(21)22/h1-3,5,7-8,11-12,14-15H,4,6,9H2,(H,19,20)(H,21,22)/t11-,12+,14+,15+/m1/s1. The number of halogens is 1. The lowest BCUT2D eigenvalue weighted by Gasteiger charge is -2.41. The molecule has 0 spiro atoms. The van der Waals surface area contributed by atoms with E-state index in [2.05, 4.69) is 5.32 Å². The summed E-state index contributed by atoms with van der Waals surface area (Å²) < 4.78 is 12.9. The monoisotopic (exact) mass is 303 g/mol. The summed E-state index contributed by atoms with van der Waals surface area (Å²) in [5, 5.41) is 12.2. The molecule has 0 aliphatic heterocycles. The van der Waals surface area contributed by atoms with Crippen LogP contribution in [0, 0.1) is 29.5 Å². The van der Waals surface area contributed by atoms with Gasteiger partial charge < -0.3 is 10.4 Å². The Balaban J connectivity index is 1.69. The van der Waals surface area contributed by atoms with E-state index in [0.717, 1.165) is 18.4 Å². The van der Waals surface area contributed by atoms with Crippen molar-refractivity contribution in [2.75, 3.05) is 0 Å². The van der Waals surface area contributed by atoms with Gasteiger partial charge in [-0.1, -0.05) is 24.3 Å². The number of hydrogen-bond acceptors (Lipinski definition) is 2. The molecule has 1 fully saturated rings. The van der Waals surface area contributed by atoms with Crippen LogP contribution in [0.2, 0.25) is 0 Å². The molecule has 1 aromatic carbocycles. The number of nitrogens with one attached hydrogen (secondary N) is 1. The number of aliphatic carboxylic acids is 1. The maximum Gasteiger partial charge on any atom is 0.307 e. The summed E-state index contributed by atoms with van der Waals surface area (Å²) in [4.78, 5) is 24.0. The first-order chi connectivity index (χ1) is 10.6. The van der Waals surface area contributed by atoms with Gasteiger partial charge in [-0.3, -0.25) is 9.59 Å². The predicted molar refractivity (Wildman–Crippen MR) is 78.2 cm³/mol. The van der Waals surface area contributed by atoms with Crippen molar-refractivity contribution in [1.82, 2.24) is 5.32 Å². The van der Waals surface area contributed by atoms with E-state index in [0.29, 0.717) is 0 Å². The Hall–Kier alpha value is -2.17. The second kappa shape index (κ2) is 5.91. The summed E-state index contributed by atoms with van der Waals surface area (Å²) in [7, 11) is 0. The largest absolute Gasteiger partial charge is 0.481 e. The highest BCUT2D eigenvalue weighted by atomic mass is 19.1. The first-order valence-electron chi connectivity index (χ1n) is 7.49. The van der Waals surface area contributed by atoms with E-state index in [1.807, 2.05) is 12.2 Å². The van der Waals surface area contributed by atoms with Gasteiger partial charge in [-0.05, 0) is 42.4 Å². The number of fused-ring (bicyclic) bond motifs is 2. The fourth-order valence-corrected chi connectivity index (χ4v) is 3.60. The number of carbonyl (C=O) groups is 2. The molecule has 4 rings (SSSR count). The number of amides is 1. The summed E-state index contributed by atoms with van der Waals surface area (Å²) >= 11 is 0. The van der Waals surface area contributed by atoms with Crippen molar-refractivity contribution >= 4 is 11.9 Å². The summed E-state index contributed by atoms with van der Waals surface area (Å²) in [5.74, 6) is -2.66. The second-order valence-electron chi connectivity index (χ2n) is 6.02. The second-order valence-corrected chi connectivity index (χ2v) is 6.02. The van der Waals surface area contributed by atoms with E-state index >= 15 is 0 Å². The molecule has 1 aromatic rings. The summed E-state index contributed by atoms with van der Waals surface area (Å²) in [6, 6.07) is 5.90. The molecular weight excluding hydrogens is 285 g/mol. The third-order valence-corrected chi connectivity index (χ3v) is 4.72. The molecule has 0 saturated heterocycles. The average Bonchev–Trinajstić information content (AvgIpc) is 2.54. The van der Waals surface area contributed by atoms with Gasteiger partial charge in [0.2, 0.25) is 5.91 Å². The molecule has 4 nitrogen and oxygen atoms in total. The average molecular weight is 303 g/mol. The highest BCUT2D eigenvalue weighted by molar-refractivity contribution is 5.86. The molecule has 2 N–H and O–H groups in total. The lowest BCUT2D eigenvalue weighted by Crippen LogP contribution is -2.48. The number of carbonyl (C=O) groups excluding carboxylic acids is 1. The molecule has 5 heteroatoms. The first kappa shape index (κ1) is 14.8. The SMILES string of the molecule is O=C(NCc1ccc(F)cc1)[C@@H]1[C@@H](C(=O)O)[C@H]2C=C[C@@H]1CC2. The highest BCUT2D eigenvalue weighted by Gasteiger charge is 2.47. The van der Waals surface area contributed by atoms with Gasteiger partial charge in [0.15, 0.2) is 0 Å². The van der Waals surface area contributed by atoms with Gasteiger partial charge in [-0.2, -0.15) is 0 Å². The zero-order chi connectivity index (χ0) is 15.7. The summed E-state index contributed by atoms with van der Waals surface area (Å²) in [6.45, 7) is 0.281. The Labute approximate surface area is 128 Å². The molecule has 0 radical (unpaired) electrons. The third kappa shape index (κ3) is 2.75. The van der Waals surface area contributed by atoms with Crippen LogP contribution in [0.25, 0.3) is 0 Å². The Morgan fingerprint density at radius 2 is 1.68 bits per heavy atom. The molecular formula is C17H18FNO3. The van der Waals surface area contributed by atoms with E-state index in [9.17, 15) is 19.1 Å². The number of allylic oxidation sites excluding steroid dienone is 2. The van der Waals surface area contributed by atoms with E-state index in [-0.39, 0.29) is 30.1 Å².